The number of nitrogens with zero attached hydrogens (tertiary/aromatic N) is 3. The molecule has 1 aliphatic rings. The van der Waals surface area contributed by atoms with Crippen molar-refractivity contribution in [1.29, 1.82) is 0 Å². The normalized spacial score (nSPS) is 14.0. The van der Waals surface area contributed by atoms with Crippen molar-refractivity contribution in [2.75, 3.05) is 13.7 Å². The number of ether oxygens (including phenoxy) is 1. The third-order valence-electron chi connectivity index (χ3n) is 4.05. The summed E-state index contributed by atoms with van der Waals surface area (Å²) in [5.74, 6) is 0.744. The summed E-state index contributed by atoms with van der Waals surface area (Å²) in [5.41, 5.74) is 4.15. The Labute approximate surface area is 124 Å². The number of carbonyl (C=O) groups excluding carboxylic acids is 1. The van der Waals surface area contributed by atoms with Crippen LogP contribution in [0.3, 0.4) is 0 Å². The van der Waals surface area contributed by atoms with E-state index in [2.05, 4.69) is 5.10 Å². The van der Waals surface area contributed by atoms with Gasteiger partial charge in [-0.15, -0.1) is 0 Å². The van der Waals surface area contributed by atoms with Crippen LogP contribution >= 0.6 is 0 Å². The predicted octanol–water partition coefficient (Wildman–Crippen LogP) is 1.94. The molecule has 1 aromatic heterocycles. The lowest BCUT2D eigenvalue weighted by molar-refractivity contribution is 0.0730. The Balaban J connectivity index is 1.85. The topological polar surface area (TPSA) is 47.4 Å². The number of aromatic nitrogens is 2. The van der Waals surface area contributed by atoms with Gasteiger partial charge in [-0.2, -0.15) is 5.10 Å². The Bertz CT molecular complexity index is 691. The molecular formula is C16H19N3O2. The van der Waals surface area contributed by atoms with Crippen molar-refractivity contribution in [1.82, 2.24) is 14.7 Å². The number of fused-ring (bicyclic) bond motifs is 1. The van der Waals surface area contributed by atoms with Crippen LogP contribution in [0.4, 0.5) is 0 Å². The molecular weight excluding hydrogens is 266 g/mol. The molecule has 0 saturated carbocycles. The van der Waals surface area contributed by atoms with E-state index in [1.807, 2.05) is 41.8 Å². The maximum absolute atomic E-state index is 12.6. The molecule has 3 rings (SSSR count). The largest absolute Gasteiger partial charge is 0.497 e. The van der Waals surface area contributed by atoms with E-state index in [0.29, 0.717) is 17.9 Å². The molecule has 0 fully saturated rings. The maximum Gasteiger partial charge on any atom is 0.254 e. The zero-order valence-electron chi connectivity index (χ0n) is 12.6. The minimum atomic E-state index is 0.0402. The molecule has 110 valence electrons. The van der Waals surface area contributed by atoms with Crippen LogP contribution in [0, 0.1) is 6.92 Å². The molecule has 0 N–H and O–H groups in total. The molecule has 0 bridgehead atoms. The molecule has 5 nitrogen and oxygen atoms in total. The molecule has 2 heterocycles. The van der Waals surface area contributed by atoms with Crippen molar-refractivity contribution in [3.8, 4) is 5.75 Å². The SMILES string of the molecule is COc1cccc(C(=O)N2CCc3c(C)nn(C)c3C2)c1. The Hall–Kier alpha value is -2.30. The third kappa shape index (κ3) is 2.39. The standard InChI is InChI=1S/C16H19N3O2/c1-11-14-7-8-19(10-15(14)18(2)17-11)16(20)12-5-4-6-13(9-12)21-3/h4-6,9H,7-8,10H2,1-3H3. The Morgan fingerprint density at radius 2 is 2.19 bits per heavy atom. The number of aryl methyl sites for hydroxylation is 2. The summed E-state index contributed by atoms with van der Waals surface area (Å²) in [6.45, 7) is 3.37. The first-order valence-electron chi connectivity index (χ1n) is 7.05. The summed E-state index contributed by atoms with van der Waals surface area (Å²) in [6, 6.07) is 7.30. The number of hydrogen-bond donors (Lipinski definition) is 0. The van der Waals surface area contributed by atoms with Crippen molar-refractivity contribution in [2.45, 2.75) is 19.9 Å². The van der Waals surface area contributed by atoms with Gasteiger partial charge in [0, 0.05) is 19.2 Å². The van der Waals surface area contributed by atoms with Gasteiger partial charge in [0.25, 0.3) is 5.91 Å². The molecule has 1 amide bonds. The molecule has 2 aromatic rings. The van der Waals surface area contributed by atoms with Crippen LogP contribution in [0.25, 0.3) is 0 Å². The van der Waals surface area contributed by atoms with Gasteiger partial charge in [-0.05, 0) is 37.1 Å². The van der Waals surface area contributed by atoms with Crippen molar-refractivity contribution in [3.05, 3.63) is 46.8 Å². The molecule has 0 aliphatic carbocycles. The Morgan fingerprint density at radius 3 is 2.95 bits per heavy atom. The van der Waals surface area contributed by atoms with Gasteiger partial charge in [0.05, 0.1) is 25.0 Å². The van der Waals surface area contributed by atoms with Crippen molar-refractivity contribution in [3.63, 3.8) is 0 Å². The van der Waals surface area contributed by atoms with Gasteiger partial charge < -0.3 is 9.64 Å². The smallest absolute Gasteiger partial charge is 0.254 e. The Morgan fingerprint density at radius 1 is 1.38 bits per heavy atom. The van der Waals surface area contributed by atoms with Gasteiger partial charge in [0.1, 0.15) is 5.75 Å². The van der Waals surface area contributed by atoms with Crippen LogP contribution < -0.4 is 4.74 Å². The second-order valence-electron chi connectivity index (χ2n) is 5.34. The van der Waals surface area contributed by atoms with Crippen LogP contribution in [-0.4, -0.2) is 34.2 Å². The molecule has 5 heteroatoms. The Kier molecular flexibility index (Phi) is 3.41. The number of methoxy groups -OCH3 is 1. The first-order chi connectivity index (χ1) is 10.1. The molecule has 0 atom stereocenters. The lowest BCUT2D eigenvalue weighted by Crippen LogP contribution is -2.36. The fraction of sp³-hybridized carbons (Fsp3) is 0.375. The average molecular weight is 285 g/mol. The first kappa shape index (κ1) is 13.7. The van der Waals surface area contributed by atoms with E-state index >= 15 is 0 Å². The van der Waals surface area contributed by atoms with Gasteiger partial charge in [0.15, 0.2) is 0 Å². The van der Waals surface area contributed by atoms with Gasteiger partial charge in [-0.3, -0.25) is 9.48 Å². The van der Waals surface area contributed by atoms with Gasteiger partial charge in [-0.1, -0.05) is 6.07 Å². The van der Waals surface area contributed by atoms with Gasteiger partial charge >= 0.3 is 0 Å². The van der Waals surface area contributed by atoms with E-state index in [1.54, 1.807) is 13.2 Å². The summed E-state index contributed by atoms with van der Waals surface area (Å²) in [4.78, 5) is 14.5. The predicted molar refractivity (Wildman–Crippen MR) is 79.4 cm³/mol. The minimum absolute atomic E-state index is 0.0402. The molecule has 0 unspecified atom stereocenters. The summed E-state index contributed by atoms with van der Waals surface area (Å²) in [5, 5.41) is 4.45. The number of benzene rings is 1. The first-order valence-corrected chi connectivity index (χ1v) is 7.05. The molecule has 1 aliphatic heterocycles. The van der Waals surface area contributed by atoms with Gasteiger partial charge in [0.2, 0.25) is 0 Å². The summed E-state index contributed by atoms with van der Waals surface area (Å²) < 4.78 is 7.07. The van der Waals surface area contributed by atoms with E-state index in [9.17, 15) is 4.79 Å². The molecule has 1 aromatic carbocycles. The molecule has 0 saturated heterocycles. The maximum atomic E-state index is 12.6. The van der Waals surface area contributed by atoms with E-state index in [1.165, 1.54) is 5.56 Å². The van der Waals surface area contributed by atoms with Crippen LogP contribution in [0.2, 0.25) is 0 Å². The van der Waals surface area contributed by atoms with E-state index in [4.69, 9.17) is 4.74 Å². The fourth-order valence-electron chi connectivity index (χ4n) is 2.89. The second kappa shape index (κ2) is 5.24. The monoisotopic (exact) mass is 285 g/mol. The summed E-state index contributed by atoms with van der Waals surface area (Å²) >= 11 is 0. The highest BCUT2D eigenvalue weighted by Gasteiger charge is 2.26. The highest BCUT2D eigenvalue weighted by atomic mass is 16.5. The second-order valence-corrected chi connectivity index (χ2v) is 5.34. The number of carbonyl (C=O) groups is 1. The zero-order chi connectivity index (χ0) is 15.0. The van der Waals surface area contributed by atoms with Crippen LogP contribution in [0.1, 0.15) is 27.3 Å². The fourth-order valence-corrected chi connectivity index (χ4v) is 2.89. The summed E-state index contributed by atoms with van der Waals surface area (Å²) in [6.07, 6.45) is 0.866. The van der Waals surface area contributed by atoms with E-state index in [-0.39, 0.29) is 5.91 Å². The van der Waals surface area contributed by atoms with Crippen LogP contribution in [-0.2, 0) is 20.0 Å². The molecule has 0 spiro atoms. The number of rotatable bonds is 2. The number of hydrogen-bond acceptors (Lipinski definition) is 3. The highest BCUT2D eigenvalue weighted by Crippen LogP contribution is 2.23. The lowest BCUT2D eigenvalue weighted by Gasteiger charge is -2.27. The average Bonchev–Trinajstić information content (AvgIpc) is 2.81. The third-order valence-corrected chi connectivity index (χ3v) is 4.05. The quantitative estimate of drug-likeness (QED) is 0.847. The molecule has 21 heavy (non-hydrogen) atoms. The van der Waals surface area contributed by atoms with Crippen LogP contribution in [0.5, 0.6) is 5.75 Å². The zero-order valence-corrected chi connectivity index (χ0v) is 12.6. The minimum Gasteiger partial charge on any atom is -0.497 e. The van der Waals surface area contributed by atoms with Crippen molar-refractivity contribution < 1.29 is 9.53 Å². The summed E-state index contributed by atoms with van der Waals surface area (Å²) in [7, 11) is 3.54. The van der Waals surface area contributed by atoms with E-state index in [0.717, 1.165) is 24.4 Å². The molecule has 0 radical (unpaired) electrons. The van der Waals surface area contributed by atoms with E-state index < -0.39 is 0 Å². The van der Waals surface area contributed by atoms with Crippen molar-refractivity contribution >= 4 is 5.91 Å². The lowest BCUT2D eigenvalue weighted by atomic mass is 10.0. The van der Waals surface area contributed by atoms with Crippen molar-refractivity contribution in [2.24, 2.45) is 7.05 Å². The van der Waals surface area contributed by atoms with Crippen LogP contribution in [0.15, 0.2) is 24.3 Å². The highest BCUT2D eigenvalue weighted by molar-refractivity contribution is 5.94. The van der Waals surface area contributed by atoms with Gasteiger partial charge in [-0.25, -0.2) is 0 Å². The number of amides is 1.